The van der Waals surface area contributed by atoms with Gasteiger partial charge in [0.25, 0.3) is 0 Å². The van der Waals surface area contributed by atoms with Crippen molar-refractivity contribution in [1.82, 2.24) is 5.32 Å². The summed E-state index contributed by atoms with van der Waals surface area (Å²) in [4.78, 5) is 0. The van der Waals surface area contributed by atoms with E-state index in [-0.39, 0.29) is 0 Å². The quantitative estimate of drug-likeness (QED) is 0.860. The van der Waals surface area contributed by atoms with Crippen molar-refractivity contribution in [3.63, 3.8) is 0 Å². The molecule has 2 unspecified atom stereocenters. The average Bonchev–Trinajstić information content (AvgIpc) is 2.52. The topological polar surface area (TPSA) is 12.0 Å². The van der Waals surface area contributed by atoms with E-state index in [1.54, 1.807) is 11.1 Å². The SMILES string of the molecule is CNC(c1cccc(C)c1C)C1CCCc2ccccc21. The summed E-state index contributed by atoms with van der Waals surface area (Å²) in [7, 11) is 2.10. The fourth-order valence-corrected chi connectivity index (χ4v) is 3.82. The van der Waals surface area contributed by atoms with Crippen LogP contribution in [-0.2, 0) is 6.42 Å². The van der Waals surface area contributed by atoms with Crippen LogP contribution in [-0.4, -0.2) is 7.05 Å². The molecule has 2 atom stereocenters. The molecule has 0 amide bonds. The predicted molar refractivity (Wildman–Crippen MR) is 89.8 cm³/mol. The van der Waals surface area contributed by atoms with Gasteiger partial charge in [0, 0.05) is 12.0 Å². The van der Waals surface area contributed by atoms with Gasteiger partial charge in [-0.2, -0.15) is 0 Å². The molecule has 1 nitrogen and oxygen atoms in total. The number of hydrogen-bond donors (Lipinski definition) is 1. The van der Waals surface area contributed by atoms with Crippen LogP contribution in [0, 0.1) is 13.8 Å². The third-order valence-corrected chi connectivity index (χ3v) is 5.11. The van der Waals surface area contributed by atoms with Gasteiger partial charge in [-0.3, -0.25) is 0 Å². The summed E-state index contributed by atoms with van der Waals surface area (Å²) in [6.07, 6.45) is 3.80. The summed E-state index contributed by atoms with van der Waals surface area (Å²) in [5, 5.41) is 3.60. The summed E-state index contributed by atoms with van der Waals surface area (Å²) in [6.45, 7) is 4.46. The Morgan fingerprint density at radius 2 is 1.86 bits per heavy atom. The van der Waals surface area contributed by atoms with Crippen molar-refractivity contribution in [2.24, 2.45) is 0 Å². The van der Waals surface area contributed by atoms with E-state index in [2.05, 4.69) is 68.7 Å². The second-order valence-electron chi connectivity index (χ2n) is 6.25. The Hall–Kier alpha value is -1.60. The number of aryl methyl sites for hydroxylation is 2. The van der Waals surface area contributed by atoms with Gasteiger partial charge in [0.15, 0.2) is 0 Å². The lowest BCUT2D eigenvalue weighted by molar-refractivity contribution is 0.423. The van der Waals surface area contributed by atoms with Crippen LogP contribution >= 0.6 is 0 Å². The predicted octanol–water partition coefficient (Wildman–Crippen LogP) is 4.68. The first-order valence-electron chi connectivity index (χ1n) is 8.03. The van der Waals surface area contributed by atoms with Gasteiger partial charge in [0.2, 0.25) is 0 Å². The van der Waals surface area contributed by atoms with Gasteiger partial charge < -0.3 is 5.32 Å². The van der Waals surface area contributed by atoms with E-state index < -0.39 is 0 Å². The van der Waals surface area contributed by atoms with Crippen molar-refractivity contribution in [2.75, 3.05) is 7.05 Å². The molecule has 0 saturated heterocycles. The Balaban J connectivity index is 2.04. The number of rotatable bonds is 3. The van der Waals surface area contributed by atoms with Crippen molar-refractivity contribution >= 4 is 0 Å². The molecule has 3 rings (SSSR count). The Bertz CT molecular complexity index is 629. The van der Waals surface area contributed by atoms with Crippen LogP contribution in [0.1, 0.15) is 52.6 Å². The maximum Gasteiger partial charge on any atom is 0.0389 e. The Labute approximate surface area is 128 Å². The lowest BCUT2D eigenvalue weighted by atomic mass is 9.76. The molecular weight excluding hydrogens is 254 g/mol. The van der Waals surface area contributed by atoms with Gasteiger partial charge in [-0.05, 0) is 68.0 Å². The third kappa shape index (κ3) is 2.63. The maximum atomic E-state index is 3.60. The first-order chi connectivity index (χ1) is 10.2. The van der Waals surface area contributed by atoms with Crippen LogP contribution in [0.5, 0.6) is 0 Å². The average molecular weight is 279 g/mol. The van der Waals surface area contributed by atoms with Crippen LogP contribution in [0.2, 0.25) is 0 Å². The second kappa shape index (κ2) is 6.03. The van der Waals surface area contributed by atoms with Gasteiger partial charge in [-0.1, -0.05) is 42.5 Å². The number of benzene rings is 2. The Morgan fingerprint density at radius 1 is 1.05 bits per heavy atom. The molecule has 0 spiro atoms. The molecule has 0 bridgehead atoms. The maximum absolute atomic E-state index is 3.60. The standard InChI is InChI=1S/C20H25N/c1-14-8-6-12-17(15(14)2)20(21-3)19-13-7-10-16-9-4-5-11-18(16)19/h4-6,8-9,11-12,19-21H,7,10,13H2,1-3H3. The molecule has 110 valence electrons. The smallest absolute Gasteiger partial charge is 0.0389 e. The molecule has 0 radical (unpaired) electrons. The largest absolute Gasteiger partial charge is 0.312 e. The summed E-state index contributed by atoms with van der Waals surface area (Å²) in [5.74, 6) is 0.584. The van der Waals surface area contributed by atoms with Crippen LogP contribution in [0.3, 0.4) is 0 Å². The molecule has 2 aromatic rings. The zero-order valence-electron chi connectivity index (χ0n) is 13.3. The molecule has 0 fully saturated rings. The van der Waals surface area contributed by atoms with Gasteiger partial charge in [-0.15, -0.1) is 0 Å². The summed E-state index contributed by atoms with van der Waals surface area (Å²) < 4.78 is 0. The highest BCUT2D eigenvalue weighted by atomic mass is 14.9. The Kier molecular flexibility index (Phi) is 4.12. The number of hydrogen-bond acceptors (Lipinski definition) is 1. The zero-order chi connectivity index (χ0) is 14.8. The molecule has 1 heteroatoms. The highest BCUT2D eigenvalue weighted by molar-refractivity contribution is 5.40. The second-order valence-corrected chi connectivity index (χ2v) is 6.25. The van der Waals surface area contributed by atoms with Gasteiger partial charge >= 0.3 is 0 Å². The van der Waals surface area contributed by atoms with Crippen LogP contribution < -0.4 is 5.32 Å². The lowest BCUT2D eigenvalue weighted by Crippen LogP contribution is -2.27. The van der Waals surface area contributed by atoms with Crippen LogP contribution in [0.25, 0.3) is 0 Å². The number of nitrogens with one attached hydrogen (secondary N) is 1. The van der Waals surface area contributed by atoms with E-state index in [9.17, 15) is 0 Å². The molecule has 1 N–H and O–H groups in total. The molecule has 1 aliphatic carbocycles. The number of likely N-dealkylation sites (N-methyl/N-ethyl adjacent to an activating group) is 1. The van der Waals surface area contributed by atoms with E-state index in [0.717, 1.165) is 0 Å². The van der Waals surface area contributed by atoms with E-state index >= 15 is 0 Å². The summed E-state index contributed by atoms with van der Waals surface area (Å²) in [5.41, 5.74) is 7.36. The van der Waals surface area contributed by atoms with Crippen molar-refractivity contribution in [3.8, 4) is 0 Å². The summed E-state index contributed by atoms with van der Waals surface area (Å²) >= 11 is 0. The van der Waals surface area contributed by atoms with Crippen molar-refractivity contribution in [2.45, 2.75) is 45.1 Å². The normalized spacial score (nSPS) is 19.1. The van der Waals surface area contributed by atoms with E-state index in [4.69, 9.17) is 0 Å². The minimum absolute atomic E-state index is 0.409. The van der Waals surface area contributed by atoms with Crippen LogP contribution in [0.15, 0.2) is 42.5 Å². The fraction of sp³-hybridized carbons (Fsp3) is 0.400. The minimum Gasteiger partial charge on any atom is -0.312 e. The molecule has 0 aliphatic heterocycles. The highest BCUT2D eigenvalue weighted by Crippen LogP contribution is 2.41. The summed E-state index contributed by atoms with van der Waals surface area (Å²) in [6, 6.07) is 16.1. The first kappa shape index (κ1) is 14.3. The van der Waals surface area contributed by atoms with Crippen molar-refractivity contribution < 1.29 is 0 Å². The van der Waals surface area contributed by atoms with E-state index in [1.165, 1.54) is 36.0 Å². The third-order valence-electron chi connectivity index (χ3n) is 5.11. The van der Waals surface area contributed by atoms with Crippen molar-refractivity contribution in [3.05, 3.63) is 70.3 Å². The highest BCUT2D eigenvalue weighted by Gasteiger charge is 2.28. The van der Waals surface area contributed by atoms with Crippen molar-refractivity contribution in [1.29, 1.82) is 0 Å². The molecular formula is C20H25N. The first-order valence-corrected chi connectivity index (χ1v) is 8.03. The van der Waals surface area contributed by atoms with Gasteiger partial charge in [0.05, 0.1) is 0 Å². The minimum atomic E-state index is 0.409. The molecule has 21 heavy (non-hydrogen) atoms. The lowest BCUT2D eigenvalue weighted by Gasteiger charge is -2.33. The van der Waals surface area contributed by atoms with Gasteiger partial charge in [-0.25, -0.2) is 0 Å². The fourth-order valence-electron chi connectivity index (χ4n) is 3.82. The molecule has 0 aromatic heterocycles. The van der Waals surface area contributed by atoms with Crippen LogP contribution in [0.4, 0.5) is 0 Å². The van der Waals surface area contributed by atoms with E-state index in [1.807, 2.05) is 0 Å². The molecule has 0 heterocycles. The molecule has 0 saturated carbocycles. The monoisotopic (exact) mass is 279 g/mol. The number of fused-ring (bicyclic) bond motifs is 1. The molecule has 2 aromatic carbocycles. The molecule has 1 aliphatic rings. The van der Waals surface area contributed by atoms with Gasteiger partial charge in [0.1, 0.15) is 0 Å². The zero-order valence-corrected chi connectivity index (χ0v) is 13.3. The van der Waals surface area contributed by atoms with E-state index in [0.29, 0.717) is 12.0 Å². The Morgan fingerprint density at radius 3 is 2.67 bits per heavy atom.